The zero-order valence-corrected chi connectivity index (χ0v) is 17.2. The molecule has 1 unspecified atom stereocenters. The first-order valence-electron chi connectivity index (χ1n) is 10.0. The van der Waals surface area contributed by atoms with Crippen LogP contribution in [0.4, 0.5) is 0 Å². The quantitative estimate of drug-likeness (QED) is 0.684. The molecule has 2 aromatic rings. The number of hydrogen-bond donors (Lipinski definition) is 2. The predicted octanol–water partition coefficient (Wildman–Crippen LogP) is 2.63. The Bertz CT molecular complexity index is 870. The summed E-state index contributed by atoms with van der Waals surface area (Å²) in [5, 5.41) is 12.6. The van der Waals surface area contributed by atoms with Crippen LogP contribution < -0.4 is 5.32 Å². The fourth-order valence-corrected chi connectivity index (χ4v) is 4.91. The topological polar surface area (TPSA) is 99.9 Å². The van der Waals surface area contributed by atoms with Crippen LogP contribution in [0, 0.1) is 0 Å². The molecular weight excluding hydrogens is 392 g/mol. The molecule has 1 fully saturated rings. The van der Waals surface area contributed by atoms with E-state index in [0.717, 1.165) is 31.2 Å². The van der Waals surface area contributed by atoms with Gasteiger partial charge in [-0.3, -0.25) is 4.79 Å². The van der Waals surface area contributed by atoms with Gasteiger partial charge in [-0.15, -0.1) is 0 Å². The largest absolute Gasteiger partial charge is 0.467 e. The van der Waals surface area contributed by atoms with Crippen molar-refractivity contribution in [1.82, 2.24) is 9.62 Å². The van der Waals surface area contributed by atoms with Crippen molar-refractivity contribution in [3.8, 4) is 0 Å². The van der Waals surface area contributed by atoms with Crippen molar-refractivity contribution in [3.05, 3.63) is 54.0 Å². The van der Waals surface area contributed by atoms with Gasteiger partial charge in [0.25, 0.3) is 0 Å². The second-order valence-corrected chi connectivity index (χ2v) is 9.24. The van der Waals surface area contributed by atoms with Gasteiger partial charge in [-0.05, 0) is 49.1 Å². The summed E-state index contributed by atoms with van der Waals surface area (Å²) in [5.41, 5.74) is 0.890. The molecule has 29 heavy (non-hydrogen) atoms. The SMILES string of the molecule is O=C(CCc1ccc(S(=O)(=O)N2CCCCCC2)cc1)NCC(O)c1ccco1. The minimum Gasteiger partial charge on any atom is -0.467 e. The Hall–Kier alpha value is -2.16. The van der Waals surface area contributed by atoms with E-state index >= 15 is 0 Å². The molecule has 1 aromatic heterocycles. The van der Waals surface area contributed by atoms with Crippen LogP contribution in [-0.2, 0) is 21.2 Å². The van der Waals surface area contributed by atoms with Crippen LogP contribution in [0.2, 0.25) is 0 Å². The number of carbonyl (C=O) groups is 1. The van der Waals surface area contributed by atoms with E-state index in [1.54, 1.807) is 40.7 Å². The molecule has 7 nitrogen and oxygen atoms in total. The molecule has 0 radical (unpaired) electrons. The van der Waals surface area contributed by atoms with Gasteiger partial charge in [0.2, 0.25) is 15.9 Å². The first-order valence-corrected chi connectivity index (χ1v) is 11.5. The predicted molar refractivity (Wildman–Crippen MR) is 109 cm³/mol. The second-order valence-electron chi connectivity index (χ2n) is 7.30. The van der Waals surface area contributed by atoms with Crippen LogP contribution >= 0.6 is 0 Å². The number of aryl methyl sites for hydroxylation is 1. The lowest BCUT2D eigenvalue weighted by Gasteiger charge is -2.20. The molecule has 0 aliphatic carbocycles. The molecule has 1 aliphatic rings. The lowest BCUT2D eigenvalue weighted by molar-refractivity contribution is -0.121. The van der Waals surface area contributed by atoms with Crippen LogP contribution in [0.5, 0.6) is 0 Å². The van der Waals surface area contributed by atoms with E-state index in [4.69, 9.17) is 4.42 Å². The number of aliphatic hydroxyl groups is 1. The Kier molecular flexibility index (Phi) is 7.46. The Morgan fingerprint density at radius 2 is 1.79 bits per heavy atom. The van der Waals surface area contributed by atoms with Gasteiger partial charge in [-0.2, -0.15) is 4.31 Å². The highest BCUT2D eigenvalue weighted by Gasteiger charge is 2.24. The number of aliphatic hydroxyl groups excluding tert-OH is 1. The zero-order chi connectivity index (χ0) is 20.7. The van der Waals surface area contributed by atoms with Crippen molar-refractivity contribution in [2.75, 3.05) is 19.6 Å². The molecule has 0 saturated carbocycles. The normalized spacial score (nSPS) is 16.9. The average Bonchev–Trinajstić information content (AvgIpc) is 3.12. The Morgan fingerprint density at radius 1 is 1.10 bits per heavy atom. The molecule has 1 saturated heterocycles. The molecule has 3 rings (SSSR count). The van der Waals surface area contributed by atoms with Gasteiger partial charge < -0.3 is 14.8 Å². The minimum atomic E-state index is -3.46. The third-order valence-electron chi connectivity index (χ3n) is 5.13. The fraction of sp³-hybridized carbons (Fsp3) is 0.476. The Labute approximate surface area is 171 Å². The first-order chi connectivity index (χ1) is 14.0. The lowest BCUT2D eigenvalue weighted by atomic mass is 10.1. The number of hydrogen-bond acceptors (Lipinski definition) is 5. The van der Waals surface area contributed by atoms with Crippen molar-refractivity contribution in [3.63, 3.8) is 0 Å². The highest BCUT2D eigenvalue weighted by atomic mass is 32.2. The molecular formula is C21H28N2O5S. The van der Waals surface area contributed by atoms with Gasteiger partial charge in [0.05, 0.1) is 17.7 Å². The van der Waals surface area contributed by atoms with Crippen molar-refractivity contribution in [2.45, 2.75) is 49.5 Å². The molecule has 1 amide bonds. The minimum absolute atomic E-state index is 0.0827. The summed E-state index contributed by atoms with van der Waals surface area (Å²) in [4.78, 5) is 12.3. The first kappa shape index (κ1) is 21.5. The summed E-state index contributed by atoms with van der Waals surface area (Å²) in [5.74, 6) is 0.225. The summed E-state index contributed by atoms with van der Waals surface area (Å²) in [6, 6.07) is 10.1. The molecule has 1 aromatic carbocycles. The van der Waals surface area contributed by atoms with Crippen molar-refractivity contribution < 1.29 is 22.7 Å². The summed E-state index contributed by atoms with van der Waals surface area (Å²) >= 11 is 0. The van der Waals surface area contributed by atoms with Crippen LogP contribution in [-0.4, -0.2) is 43.4 Å². The maximum atomic E-state index is 12.8. The standard InChI is InChI=1S/C21H28N2O5S/c24-19(20-6-5-15-28-20)16-22-21(25)12-9-17-7-10-18(11-8-17)29(26,27)23-13-3-1-2-4-14-23/h5-8,10-11,15,19,24H,1-4,9,12-14,16H2,(H,22,25). The highest BCUT2D eigenvalue weighted by Crippen LogP contribution is 2.21. The molecule has 1 aliphatic heterocycles. The molecule has 158 valence electrons. The summed E-state index contributed by atoms with van der Waals surface area (Å²) < 4.78 is 32.3. The number of amides is 1. The van der Waals surface area contributed by atoms with Crippen molar-refractivity contribution in [1.29, 1.82) is 0 Å². The summed E-state index contributed by atoms with van der Waals surface area (Å²) in [6.45, 7) is 1.24. The second kappa shape index (κ2) is 10.0. The van der Waals surface area contributed by atoms with Crippen molar-refractivity contribution >= 4 is 15.9 Å². The van der Waals surface area contributed by atoms with Gasteiger partial charge in [-0.25, -0.2) is 8.42 Å². The molecule has 8 heteroatoms. The van der Waals surface area contributed by atoms with E-state index in [1.807, 2.05) is 0 Å². The van der Waals surface area contributed by atoms with Crippen molar-refractivity contribution in [2.24, 2.45) is 0 Å². The van der Waals surface area contributed by atoms with E-state index in [9.17, 15) is 18.3 Å². The molecule has 0 spiro atoms. The van der Waals surface area contributed by atoms with E-state index in [2.05, 4.69) is 5.32 Å². The molecule has 1 atom stereocenters. The smallest absolute Gasteiger partial charge is 0.243 e. The number of carbonyl (C=O) groups excluding carboxylic acids is 1. The van der Waals surface area contributed by atoms with Crippen LogP contribution in [0.3, 0.4) is 0 Å². The Morgan fingerprint density at radius 3 is 2.41 bits per heavy atom. The third-order valence-corrected chi connectivity index (χ3v) is 7.04. The average molecular weight is 421 g/mol. The van der Waals surface area contributed by atoms with E-state index in [0.29, 0.717) is 30.2 Å². The van der Waals surface area contributed by atoms with Crippen LogP contribution in [0.15, 0.2) is 52.0 Å². The maximum Gasteiger partial charge on any atom is 0.243 e. The summed E-state index contributed by atoms with van der Waals surface area (Å²) in [6.07, 6.45) is 5.30. The van der Waals surface area contributed by atoms with E-state index in [1.165, 1.54) is 6.26 Å². The maximum absolute atomic E-state index is 12.8. The zero-order valence-electron chi connectivity index (χ0n) is 16.4. The molecule has 0 bridgehead atoms. The number of benzene rings is 1. The number of rotatable bonds is 8. The van der Waals surface area contributed by atoms with E-state index in [-0.39, 0.29) is 18.9 Å². The number of sulfonamides is 1. The highest BCUT2D eigenvalue weighted by molar-refractivity contribution is 7.89. The number of furan rings is 1. The van der Waals surface area contributed by atoms with Gasteiger partial charge in [-0.1, -0.05) is 25.0 Å². The van der Waals surface area contributed by atoms with Gasteiger partial charge >= 0.3 is 0 Å². The summed E-state index contributed by atoms with van der Waals surface area (Å²) in [7, 11) is -3.46. The third kappa shape index (κ3) is 5.91. The van der Waals surface area contributed by atoms with E-state index < -0.39 is 16.1 Å². The van der Waals surface area contributed by atoms with Gasteiger partial charge in [0, 0.05) is 19.5 Å². The van der Waals surface area contributed by atoms with Crippen LogP contribution in [0.25, 0.3) is 0 Å². The van der Waals surface area contributed by atoms with Crippen LogP contribution in [0.1, 0.15) is 49.5 Å². The lowest BCUT2D eigenvalue weighted by Crippen LogP contribution is -2.31. The van der Waals surface area contributed by atoms with Gasteiger partial charge in [0.15, 0.2) is 0 Å². The monoisotopic (exact) mass is 420 g/mol. The molecule has 2 N–H and O–H groups in total. The number of nitrogens with zero attached hydrogens (tertiary/aromatic N) is 1. The molecule has 2 heterocycles. The fourth-order valence-electron chi connectivity index (χ4n) is 3.40. The Balaban J connectivity index is 1.49. The van der Waals surface area contributed by atoms with Gasteiger partial charge in [0.1, 0.15) is 11.9 Å². The number of nitrogens with one attached hydrogen (secondary N) is 1.